The van der Waals surface area contributed by atoms with Crippen LogP contribution >= 0.6 is 0 Å². The molecule has 3 aromatic carbocycles. The van der Waals surface area contributed by atoms with E-state index in [-0.39, 0.29) is 28.6 Å². The van der Waals surface area contributed by atoms with Crippen LogP contribution in [0.3, 0.4) is 0 Å². The molecule has 0 fully saturated rings. The third-order valence-electron chi connectivity index (χ3n) is 5.76. The summed E-state index contributed by atoms with van der Waals surface area (Å²) >= 11 is 0. The Morgan fingerprint density at radius 1 is 1.08 bits per heavy atom. The molecule has 0 aliphatic carbocycles. The number of aromatic carboxylic acids is 1. The summed E-state index contributed by atoms with van der Waals surface area (Å²) in [6.07, 6.45) is 0.325. The highest BCUT2D eigenvalue weighted by Gasteiger charge is 2.24. The van der Waals surface area contributed by atoms with E-state index in [0.717, 1.165) is 17.2 Å². The number of nitrogens with one attached hydrogen (secondary N) is 1. The lowest BCUT2D eigenvalue weighted by molar-refractivity contribution is 0.0510. The van der Waals surface area contributed by atoms with Crippen LogP contribution in [0.5, 0.6) is 5.75 Å². The van der Waals surface area contributed by atoms with Crippen LogP contribution in [0.2, 0.25) is 0 Å². The third kappa shape index (κ3) is 4.82. The molecular formula is C27H20FNO7. The number of hydrogen-bond acceptors (Lipinski definition) is 6. The number of benzene rings is 3. The number of para-hydroxylation sites is 1. The largest absolute Gasteiger partial charge is 0.487 e. The van der Waals surface area contributed by atoms with Gasteiger partial charge in [0.15, 0.2) is 11.0 Å². The molecule has 1 aliphatic heterocycles. The molecule has 1 amide bonds. The van der Waals surface area contributed by atoms with Gasteiger partial charge in [0.2, 0.25) is 5.76 Å². The Labute approximate surface area is 203 Å². The third-order valence-corrected chi connectivity index (χ3v) is 5.76. The summed E-state index contributed by atoms with van der Waals surface area (Å²) in [6.45, 7) is 0.656. The first-order valence-electron chi connectivity index (χ1n) is 11.1. The SMILES string of the molecule is O=C(Nc1cccc2c(=O)cc(C(=O)O)oc12)c1ccc2c(c1)CC(COCc1ccc(F)cc1)O2. The molecule has 0 bridgehead atoms. The Hall–Kier alpha value is -4.50. The molecule has 1 aromatic heterocycles. The van der Waals surface area contributed by atoms with Gasteiger partial charge in [-0.2, -0.15) is 0 Å². The second kappa shape index (κ2) is 9.63. The van der Waals surface area contributed by atoms with E-state index in [9.17, 15) is 23.9 Å². The predicted molar refractivity (Wildman–Crippen MR) is 128 cm³/mol. The number of carboxylic acid groups (broad SMARTS) is 1. The molecule has 2 heterocycles. The number of fused-ring (bicyclic) bond motifs is 2. The van der Waals surface area contributed by atoms with E-state index in [4.69, 9.17) is 13.9 Å². The van der Waals surface area contributed by atoms with Crippen LogP contribution in [0, 0.1) is 5.82 Å². The molecule has 182 valence electrons. The molecule has 1 unspecified atom stereocenters. The minimum Gasteiger partial charge on any atom is -0.487 e. The Balaban J connectivity index is 1.27. The number of halogens is 1. The molecule has 2 N–H and O–H groups in total. The second-order valence-corrected chi connectivity index (χ2v) is 8.32. The van der Waals surface area contributed by atoms with Gasteiger partial charge in [0.25, 0.3) is 5.91 Å². The van der Waals surface area contributed by atoms with Gasteiger partial charge in [-0.15, -0.1) is 0 Å². The zero-order valence-corrected chi connectivity index (χ0v) is 18.8. The highest BCUT2D eigenvalue weighted by Crippen LogP contribution is 2.30. The maximum atomic E-state index is 13.0. The number of ether oxygens (including phenoxy) is 2. The molecule has 5 rings (SSSR count). The topological polar surface area (TPSA) is 115 Å². The van der Waals surface area contributed by atoms with Gasteiger partial charge in [-0.05, 0) is 53.6 Å². The van der Waals surface area contributed by atoms with Gasteiger partial charge >= 0.3 is 5.97 Å². The molecule has 1 aliphatic rings. The van der Waals surface area contributed by atoms with E-state index in [1.165, 1.54) is 24.3 Å². The molecule has 9 heteroatoms. The monoisotopic (exact) mass is 489 g/mol. The van der Waals surface area contributed by atoms with Crippen molar-refractivity contribution in [3.05, 3.63) is 105 Å². The number of carbonyl (C=O) groups excluding carboxylic acids is 1. The molecule has 4 aromatic rings. The van der Waals surface area contributed by atoms with Crippen molar-refractivity contribution in [1.82, 2.24) is 0 Å². The van der Waals surface area contributed by atoms with Crippen LogP contribution in [0.25, 0.3) is 11.0 Å². The van der Waals surface area contributed by atoms with Gasteiger partial charge in [-0.25, -0.2) is 9.18 Å². The van der Waals surface area contributed by atoms with Crippen LogP contribution < -0.4 is 15.5 Å². The molecule has 0 saturated carbocycles. The summed E-state index contributed by atoms with van der Waals surface area (Å²) in [5.74, 6) is -2.00. The Kier molecular flexibility index (Phi) is 6.22. The van der Waals surface area contributed by atoms with Crippen LogP contribution in [0.4, 0.5) is 10.1 Å². The van der Waals surface area contributed by atoms with Crippen LogP contribution in [0.1, 0.15) is 32.0 Å². The zero-order chi connectivity index (χ0) is 25.2. The number of carbonyl (C=O) groups is 2. The fraction of sp³-hybridized carbons (Fsp3) is 0.148. The molecule has 36 heavy (non-hydrogen) atoms. The molecule has 8 nitrogen and oxygen atoms in total. The molecular weight excluding hydrogens is 469 g/mol. The second-order valence-electron chi connectivity index (χ2n) is 8.32. The normalized spacial score (nSPS) is 14.3. The first kappa shape index (κ1) is 23.3. The lowest BCUT2D eigenvalue weighted by Gasteiger charge is -2.11. The first-order chi connectivity index (χ1) is 17.4. The minimum atomic E-state index is -1.38. The summed E-state index contributed by atoms with van der Waals surface area (Å²) in [4.78, 5) is 36.5. The van der Waals surface area contributed by atoms with Crippen molar-refractivity contribution in [2.24, 2.45) is 0 Å². The van der Waals surface area contributed by atoms with Crippen molar-refractivity contribution < 1.29 is 33.0 Å². The van der Waals surface area contributed by atoms with Gasteiger partial charge in [0.1, 0.15) is 17.7 Å². The number of rotatable bonds is 7. The summed E-state index contributed by atoms with van der Waals surface area (Å²) < 4.78 is 30.0. The van der Waals surface area contributed by atoms with E-state index >= 15 is 0 Å². The van der Waals surface area contributed by atoms with Crippen LogP contribution in [-0.4, -0.2) is 29.7 Å². The average Bonchev–Trinajstić information content (AvgIpc) is 3.27. The maximum absolute atomic E-state index is 13.0. The van der Waals surface area contributed by atoms with Gasteiger partial charge in [0, 0.05) is 18.1 Å². The van der Waals surface area contributed by atoms with E-state index in [2.05, 4.69) is 5.32 Å². The molecule has 0 spiro atoms. The van der Waals surface area contributed by atoms with Gasteiger partial charge in [0.05, 0.1) is 24.3 Å². The minimum absolute atomic E-state index is 0.0152. The number of carboxylic acids is 1. The predicted octanol–water partition coefficient (Wildman–Crippen LogP) is 4.40. The Bertz CT molecular complexity index is 1530. The van der Waals surface area contributed by atoms with E-state index in [1.54, 1.807) is 36.4 Å². The Morgan fingerprint density at radius 2 is 1.89 bits per heavy atom. The van der Waals surface area contributed by atoms with E-state index in [1.807, 2.05) is 0 Å². The van der Waals surface area contributed by atoms with Crippen molar-refractivity contribution in [3.8, 4) is 5.75 Å². The summed E-state index contributed by atoms with van der Waals surface area (Å²) in [7, 11) is 0. The number of amides is 1. The molecule has 0 saturated heterocycles. The molecule has 0 radical (unpaired) electrons. The van der Waals surface area contributed by atoms with Gasteiger partial charge in [-0.3, -0.25) is 9.59 Å². The van der Waals surface area contributed by atoms with Gasteiger partial charge in [-0.1, -0.05) is 18.2 Å². The van der Waals surface area contributed by atoms with Crippen molar-refractivity contribution >= 4 is 28.5 Å². The van der Waals surface area contributed by atoms with Gasteiger partial charge < -0.3 is 24.3 Å². The number of hydrogen-bond donors (Lipinski definition) is 2. The highest BCUT2D eigenvalue weighted by atomic mass is 19.1. The zero-order valence-electron chi connectivity index (χ0n) is 18.8. The highest BCUT2D eigenvalue weighted by molar-refractivity contribution is 6.08. The standard InChI is InChI=1S/C27H20FNO7/c28-18-7-4-15(5-8-18)13-34-14-19-11-17-10-16(6-9-23(17)35-19)26(31)29-21-3-1-2-20-22(30)12-24(27(32)33)36-25(20)21/h1-10,12,19H,11,13-14H2,(H,29,31)(H,32,33). The number of anilines is 1. The summed E-state index contributed by atoms with van der Waals surface area (Å²) in [5.41, 5.74) is 1.70. The fourth-order valence-electron chi connectivity index (χ4n) is 4.02. The van der Waals surface area contributed by atoms with Crippen molar-refractivity contribution in [3.63, 3.8) is 0 Å². The fourth-order valence-corrected chi connectivity index (χ4v) is 4.02. The van der Waals surface area contributed by atoms with E-state index in [0.29, 0.717) is 30.9 Å². The molecule has 1 atom stereocenters. The van der Waals surface area contributed by atoms with E-state index < -0.39 is 23.1 Å². The lowest BCUT2D eigenvalue weighted by atomic mass is 10.1. The smallest absolute Gasteiger partial charge is 0.371 e. The quantitative estimate of drug-likeness (QED) is 0.395. The Morgan fingerprint density at radius 3 is 2.67 bits per heavy atom. The summed E-state index contributed by atoms with van der Waals surface area (Å²) in [6, 6.07) is 16.6. The lowest BCUT2D eigenvalue weighted by Crippen LogP contribution is -2.20. The summed E-state index contributed by atoms with van der Waals surface area (Å²) in [5, 5.41) is 12.1. The first-order valence-corrected chi connectivity index (χ1v) is 11.1. The van der Waals surface area contributed by atoms with Crippen LogP contribution in [0.15, 0.2) is 75.9 Å². The van der Waals surface area contributed by atoms with Crippen molar-refractivity contribution in [1.29, 1.82) is 0 Å². The average molecular weight is 489 g/mol. The van der Waals surface area contributed by atoms with Crippen molar-refractivity contribution in [2.75, 3.05) is 11.9 Å². The van der Waals surface area contributed by atoms with Crippen LogP contribution in [-0.2, 0) is 17.8 Å². The maximum Gasteiger partial charge on any atom is 0.371 e. The van der Waals surface area contributed by atoms with Crippen molar-refractivity contribution in [2.45, 2.75) is 19.1 Å².